The van der Waals surface area contributed by atoms with Gasteiger partial charge in [0.05, 0.1) is 23.9 Å². The summed E-state index contributed by atoms with van der Waals surface area (Å²) in [6.07, 6.45) is 6.70. The molecule has 1 aliphatic carbocycles. The minimum atomic E-state index is -0.758. The highest BCUT2D eigenvalue weighted by Crippen LogP contribution is 2.25. The third kappa shape index (κ3) is 4.05. The van der Waals surface area contributed by atoms with Gasteiger partial charge in [-0.1, -0.05) is 13.3 Å². The molecular weight excluding hydrogens is 368 g/mol. The van der Waals surface area contributed by atoms with Crippen molar-refractivity contribution in [3.05, 3.63) is 27.6 Å². The lowest BCUT2D eigenvalue weighted by molar-refractivity contribution is -0.154. The van der Waals surface area contributed by atoms with Gasteiger partial charge in [0.25, 0.3) is 5.56 Å². The summed E-state index contributed by atoms with van der Waals surface area (Å²) < 4.78 is 12.0. The van der Waals surface area contributed by atoms with Crippen molar-refractivity contribution in [2.24, 2.45) is 0 Å². The third-order valence-electron chi connectivity index (χ3n) is 4.84. The van der Waals surface area contributed by atoms with Crippen LogP contribution >= 0.6 is 11.3 Å². The van der Waals surface area contributed by atoms with Gasteiger partial charge >= 0.3 is 11.9 Å². The summed E-state index contributed by atoms with van der Waals surface area (Å²) in [6, 6.07) is -0.758. The molecule has 0 saturated heterocycles. The summed E-state index contributed by atoms with van der Waals surface area (Å²) in [6.45, 7) is 3.75. The van der Waals surface area contributed by atoms with E-state index in [9.17, 15) is 14.4 Å². The molecule has 7 nitrogen and oxygen atoms in total. The predicted octanol–water partition coefficient (Wildman–Crippen LogP) is 3.46. The van der Waals surface area contributed by atoms with Crippen LogP contribution in [-0.4, -0.2) is 34.2 Å². The summed E-state index contributed by atoms with van der Waals surface area (Å²) in [5.74, 6) is -0.973. The quantitative estimate of drug-likeness (QED) is 0.700. The highest BCUT2D eigenvalue weighted by atomic mass is 32.1. The molecule has 0 aliphatic heterocycles. The van der Waals surface area contributed by atoms with Gasteiger partial charge in [-0.3, -0.25) is 9.36 Å². The number of carbonyl (C=O) groups excluding carboxylic acids is 2. The fourth-order valence-electron chi connectivity index (χ4n) is 3.43. The first-order valence-corrected chi connectivity index (χ1v) is 10.3. The first-order valence-electron chi connectivity index (χ1n) is 9.42. The van der Waals surface area contributed by atoms with Crippen LogP contribution < -0.4 is 5.56 Å². The molecule has 0 aromatic carbocycles. The number of esters is 2. The average molecular weight is 392 g/mol. The van der Waals surface area contributed by atoms with Crippen molar-refractivity contribution < 1.29 is 19.1 Å². The van der Waals surface area contributed by atoms with E-state index in [1.807, 2.05) is 6.92 Å². The Morgan fingerprint density at radius 3 is 2.70 bits per heavy atom. The Balaban J connectivity index is 1.92. The van der Waals surface area contributed by atoms with Crippen molar-refractivity contribution in [1.82, 2.24) is 9.55 Å². The molecule has 146 valence electrons. The van der Waals surface area contributed by atoms with Gasteiger partial charge in [0, 0.05) is 5.38 Å². The molecule has 0 radical (unpaired) electrons. The Bertz CT molecular complexity index is 882. The second-order valence-corrected chi connectivity index (χ2v) is 7.49. The average Bonchev–Trinajstić information content (AvgIpc) is 3.10. The predicted molar refractivity (Wildman–Crippen MR) is 102 cm³/mol. The molecule has 0 bridgehead atoms. The summed E-state index contributed by atoms with van der Waals surface area (Å²) in [5.41, 5.74) is -0.226. The van der Waals surface area contributed by atoms with E-state index < -0.39 is 23.5 Å². The fourth-order valence-corrected chi connectivity index (χ4v) is 4.30. The molecule has 3 rings (SSSR count). The van der Waals surface area contributed by atoms with Crippen LogP contribution in [0.15, 0.2) is 16.5 Å². The SMILES string of the molecule is CCOC(=O)c1csc2ncn(C(CC)C(=O)OC3CCCCC3)c(=O)c12. The number of nitrogens with zero attached hydrogens (tertiary/aromatic N) is 2. The van der Waals surface area contributed by atoms with E-state index in [2.05, 4.69) is 4.98 Å². The molecule has 1 atom stereocenters. The van der Waals surface area contributed by atoms with Crippen molar-refractivity contribution in [1.29, 1.82) is 0 Å². The maximum absolute atomic E-state index is 13.0. The van der Waals surface area contributed by atoms with Crippen LogP contribution in [0.1, 0.15) is 68.8 Å². The van der Waals surface area contributed by atoms with Gasteiger partial charge < -0.3 is 9.47 Å². The zero-order valence-electron chi connectivity index (χ0n) is 15.6. The molecule has 1 fully saturated rings. The summed E-state index contributed by atoms with van der Waals surface area (Å²) in [4.78, 5) is 42.6. The van der Waals surface area contributed by atoms with E-state index in [1.54, 1.807) is 12.3 Å². The van der Waals surface area contributed by atoms with Gasteiger partial charge in [-0.15, -0.1) is 11.3 Å². The Hall–Kier alpha value is -2.22. The maximum Gasteiger partial charge on any atom is 0.339 e. The third-order valence-corrected chi connectivity index (χ3v) is 5.73. The summed E-state index contributed by atoms with van der Waals surface area (Å²) in [5, 5.41) is 1.77. The molecule has 1 saturated carbocycles. The molecule has 2 aromatic heterocycles. The minimum Gasteiger partial charge on any atom is -0.462 e. The topological polar surface area (TPSA) is 87.5 Å². The molecule has 0 spiro atoms. The zero-order valence-corrected chi connectivity index (χ0v) is 16.4. The highest BCUT2D eigenvalue weighted by Gasteiger charge is 2.27. The van der Waals surface area contributed by atoms with Crippen molar-refractivity contribution >= 4 is 33.5 Å². The molecule has 8 heteroatoms. The second-order valence-electron chi connectivity index (χ2n) is 6.63. The van der Waals surface area contributed by atoms with Gasteiger partial charge in [0.2, 0.25) is 0 Å². The van der Waals surface area contributed by atoms with E-state index in [0.717, 1.165) is 25.7 Å². The Kier molecular flexibility index (Phi) is 6.26. The van der Waals surface area contributed by atoms with Gasteiger partial charge in [0.15, 0.2) is 0 Å². The van der Waals surface area contributed by atoms with Crippen LogP contribution in [0.4, 0.5) is 0 Å². The molecule has 1 unspecified atom stereocenters. The standard InChI is InChI=1S/C19H24N2O5S/c1-3-14(19(24)26-12-8-6-5-7-9-12)21-11-20-16-15(17(21)22)13(10-27-16)18(23)25-4-2/h10-12,14H,3-9H2,1-2H3. The van der Waals surface area contributed by atoms with Crippen molar-refractivity contribution in [2.45, 2.75) is 64.5 Å². The molecule has 0 N–H and O–H groups in total. The molecule has 2 heterocycles. The molecule has 1 aliphatic rings. The monoisotopic (exact) mass is 392 g/mol. The number of thiophene rings is 1. The number of carbonyl (C=O) groups is 2. The Morgan fingerprint density at radius 2 is 2.04 bits per heavy atom. The molecule has 27 heavy (non-hydrogen) atoms. The smallest absolute Gasteiger partial charge is 0.339 e. The van der Waals surface area contributed by atoms with Gasteiger partial charge in [0.1, 0.15) is 17.0 Å². The van der Waals surface area contributed by atoms with Crippen LogP contribution in [0.25, 0.3) is 10.2 Å². The van der Waals surface area contributed by atoms with Crippen LogP contribution in [0, 0.1) is 0 Å². The van der Waals surface area contributed by atoms with Crippen LogP contribution in [-0.2, 0) is 14.3 Å². The first kappa shape index (κ1) is 19.5. The van der Waals surface area contributed by atoms with Crippen molar-refractivity contribution in [3.63, 3.8) is 0 Å². The van der Waals surface area contributed by atoms with E-state index in [0.29, 0.717) is 11.3 Å². The van der Waals surface area contributed by atoms with Crippen LogP contribution in [0.5, 0.6) is 0 Å². The molecule has 2 aromatic rings. The number of fused-ring (bicyclic) bond motifs is 1. The maximum atomic E-state index is 13.0. The van der Waals surface area contributed by atoms with Gasteiger partial charge in [-0.25, -0.2) is 14.6 Å². The van der Waals surface area contributed by atoms with Crippen molar-refractivity contribution in [2.75, 3.05) is 6.61 Å². The van der Waals surface area contributed by atoms with Gasteiger partial charge in [-0.2, -0.15) is 0 Å². The lowest BCUT2D eigenvalue weighted by Gasteiger charge is -2.25. The van der Waals surface area contributed by atoms with Gasteiger partial charge in [-0.05, 0) is 39.0 Å². The Morgan fingerprint density at radius 1 is 1.30 bits per heavy atom. The number of hydrogen-bond donors (Lipinski definition) is 0. The Labute approximate surface area is 161 Å². The normalized spacial score (nSPS) is 16.2. The number of hydrogen-bond acceptors (Lipinski definition) is 7. The van der Waals surface area contributed by atoms with E-state index in [-0.39, 0.29) is 23.7 Å². The minimum absolute atomic E-state index is 0.0797. The van der Waals surface area contributed by atoms with Crippen molar-refractivity contribution in [3.8, 4) is 0 Å². The van der Waals surface area contributed by atoms with E-state index >= 15 is 0 Å². The number of ether oxygens (including phenoxy) is 2. The zero-order chi connectivity index (χ0) is 19.4. The second kappa shape index (κ2) is 8.65. The largest absolute Gasteiger partial charge is 0.462 e. The number of rotatable bonds is 6. The fraction of sp³-hybridized carbons (Fsp3) is 0.579. The summed E-state index contributed by atoms with van der Waals surface area (Å²) >= 11 is 1.21. The van der Waals surface area contributed by atoms with Crippen LogP contribution in [0.3, 0.4) is 0 Å². The lowest BCUT2D eigenvalue weighted by atomic mass is 9.98. The van der Waals surface area contributed by atoms with E-state index in [4.69, 9.17) is 9.47 Å². The summed E-state index contributed by atoms with van der Waals surface area (Å²) in [7, 11) is 0. The molecule has 0 amide bonds. The first-order chi connectivity index (χ1) is 13.1. The molecular formula is C19H24N2O5S. The van der Waals surface area contributed by atoms with Crippen LogP contribution in [0.2, 0.25) is 0 Å². The number of aromatic nitrogens is 2. The van der Waals surface area contributed by atoms with E-state index in [1.165, 1.54) is 28.7 Å². The lowest BCUT2D eigenvalue weighted by Crippen LogP contribution is -2.33. The highest BCUT2D eigenvalue weighted by molar-refractivity contribution is 7.17.